The molecule has 1 aliphatic rings. The van der Waals surface area contributed by atoms with E-state index in [4.69, 9.17) is 9.97 Å². The van der Waals surface area contributed by atoms with Crippen LogP contribution in [0, 0.1) is 3.57 Å². The number of phenols is 1. The van der Waals surface area contributed by atoms with Gasteiger partial charge in [0.25, 0.3) is 0 Å². The molecule has 1 fully saturated rings. The maximum atomic E-state index is 10.6. The second-order valence-electron chi connectivity index (χ2n) is 9.40. The number of fused-ring (bicyclic) bond motifs is 1. The van der Waals surface area contributed by atoms with Gasteiger partial charge in [-0.15, -0.1) is 0 Å². The maximum absolute atomic E-state index is 10.6. The minimum atomic E-state index is -0.920. The summed E-state index contributed by atoms with van der Waals surface area (Å²) in [4.78, 5) is 14.2. The summed E-state index contributed by atoms with van der Waals surface area (Å²) in [5.74, 6) is 1.32. The Morgan fingerprint density at radius 1 is 1.21 bits per heavy atom. The molecular weight excluding hydrogens is 531 g/mol. The zero-order valence-corrected chi connectivity index (χ0v) is 21.6. The molecule has 33 heavy (non-hydrogen) atoms. The van der Waals surface area contributed by atoms with Crippen LogP contribution < -0.4 is 10.6 Å². The highest BCUT2D eigenvalue weighted by Crippen LogP contribution is 2.32. The molecule has 3 aromatic rings. The van der Waals surface area contributed by atoms with Crippen molar-refractivity contribution in [2.24, 2.45) is 0 Å². The fraction of sp³-hybridized carbons (Fsp3) is 0.542. The number of phenolic OH excluding ortho intramolecular Hbond substituents is 1. The van der Waals surface area contributed by atoms with Gasteiger partial charge >= 0.3 is 0 Å². The first-order valence-electron chi connectivity index (χ1n) is 11.7. The van der Waals surface area contributed by atoms with Crippen LogP contribution in [0.15, 0.2) is 24.5 Å². The molecule has 4 N–H and O–H groups in total. The predicted molar refractivity (Wildman–Crippen MR) is 140 cm³/mol. The van der Waals surface area contributed by atoms with Gasteiger partial charge in [-0.1, -0.05) is 26.2 Å². The molecule has 0 spiro atoms. The zero-order valence-electron chi connectivity index (χ0n) is 19.5. The number of hydrogen-bond acceptors (Lipinski definition) is 7. The van der Waals surface area contributed by atoms with E-state index in [0.717, 1.165) is 34.0 Å². The smallest absolute Gasteiger partial charge is 0.227 e. The van der Waals surface area contributed by atoms with E-state index in [-0.39, 0.29) is 11.8 Å². The van der Waals surface area contributed by atoms with Gasteiger partial charge < -0.3 is 25.4 Å². The van der Waals surface area contributed by atoms with Crippen molar-refractivity contribution in [1.29, 1.82) is 0 Å². The minimum absolute atomic E-state index is 0.200. The van der Waals surface area contributed by atoms with Crippen molar-refractivity contribution < 1.29 is 10.2 Å². The normalized spacial score (nSPS) is 16.2. The second kappa shape index (κ2) is 10.0. The number of halogens is 1. The Morgan fingerprint density at radius 3 is 2.67 bits per heavy atom. The summed E-state index contributed by atoms with van der Waals surface area (Å²) < 4.78 is 3.23. The molecule has 178 valence electrons. The standard InChI is InChI=1S/C24H33IN6O2/c1-4-19(24(2,3)33)28-23-29-21(26-13-15-12-16(25)10-11-18(15)32)20-22(30-23)31(14-27-20)17-8-6-5-7-9-17/h10-12,14,17,19,32-33H,4-9,13H2,1-3H3,(H2,26,28,29,30). The Balaban J connectivity index is 1.71. The Labute approximate surface area is 208 Å². The Morgan fingerprint density at radius 2 is 1.97 bits per heavy atom. The average Bonchev–Trinajstić information content (AvgIpc) is 3.22. The quantitative estimate of drug-likeness (QED) is 0.278. The van der Waals surface area contributed by atoms with Crippen molar-refractivity contribution in [3.8, 4) is 5.75 Å². The highest BCUT2D eigenvalue weighted by Gasteiger charge is 2.27. The Bertz CT molecular complexity index is 1100. The molecule has 0 aliphatic heterocycles. The molecule has 9 heteroatoms. The molecule has 4 rings (SSSR count). The third-order valence-electron chi connectivity index (χ3n) is 6.44. The molecule has 0 saturated heterocycles. The average molecular weight is 564 g/mol. The lowest BCUT2D eigenvalue weighted by atomic mass is 9.95. The SMILES string of the molecule is CCC(Nc1nc(NCc2cc(I)ccc2O)c2ncn(C3CCCCC3)c2n1)C(C)(C)O. The van der Waals surface area contributed by atoms with Crippen molar-refractivity contribution in [2.75, 3.05) is 10.6 Å². The van der Waals surface area contributed by atoms with Crippen LogP contribution in [0.5, 0.6) is 5.75 Å². The first kappa shape index (κ1) is 24.0. The molecule has 8 nitrogen and oxygen atoms in total. The summed E-state index contributed by atoms with van der Waals surface area (Å²) in [5.41, 5.74) is 1.38. The van der Waals surface area contributed by atoms with Crippen molar-refractivity contribution in [3.63, 3.8) is 0 Å². The molecule has 1 unspecified atom stereocenters. The highest BCUT2D eigenvalue weighted by atomic mass is 127. The Hall–Kier alpha value is -2.14. The van der Waals surface area contributed by atoms with Gasteiger partial charge in [-0.2, -0.15) is 9.97 Å². The van der Waals surface area contributed by atoms with Crippen molar-refractivity contribution >= 4 is 45.5 Å². The molecule has 0 amide bonds. The van der Waals surface area contributed by atoms with Gasteiger partial charge in [0.05, 0.1) is 18.0 Å². The molecule has 1 saturated carbocycles. The lowest BCUT2D eigenvalue weighted by Gasteiger charge is -2.29. The Kier molecular flexibility index (Phi) is 7.28. The first-order chi connectivity index (χ1) is 15.8. The van der Waals surface area contributed by atoms with Crippen LogP contribution in [-0.2, 0) is 6.54 Å². The monoisotopic (exact) mass is 564 g/mol. The van der Waals surface area contributed by atoms with E-state index in [1.807, 2.05) is 25.4 Å². The zero-order chi connectivity index (χ0) is 23.6. The van der Waals surface area contributed by atoms with E-state index in [2.05, 4.69) is 42.8 Å². The van der Waals surface area contributed by atoms with Crippen LogP contribution in [0.3, 0.4) is 0 Å². The highest BCUT2D eigenvalue weighted by molar-refractivity contribution is 14.1. The summed E-state index contributed by atoms with van der Waals surface area (Å²) in [6, 6.07) is 5.71. The summed E-state index contributed by atoms with van der Waals surface area (Å²) in [6.45, 7) is 6.02. The lowest BCUT2D eigenvalue weighted by molar-refractivity contribution is 0.0577. The number of aromatic hydroxyl groups is 1. The summed E-state index contributed by atoms with van der Waals surface area (Å²) >= 11 is 2.23. The number of nitrogens with zero attached hydrogens (tertiary/aromatic N) is 4. The minimum Gasteiger partial charge on any atom is -0.508 e. The number of aromatic nitrogens is 4. The van der Waals surface area contributed by atoms with Gasteiger partial charge in [-0.05, 0) is 73.9 Å². The van der Waals surface area contributed by atoms with Gasteiger partial charge in [0.2, 0.25) is 5.95 Å². The largest absolute Gasteiger partial charge is 0.508 e. The summed E-state index contributed by atoms with van der Waals surface area (Å²) in [5, 5.41) is 27.5. The third-order valence-corrected chi connectivity index (χ3v) is 7.11. The van der Waals surface area contributed by atoms with Crippen LogP contribution in [0.2, 0.25) is 0 Å². The first-order valence-corrected chi connectivity index (χ1v) is 12.8. The fourth-order valence-corrected chi connectivity index (χ4v) is 5.10. The van der Waals surface area contributed by atoms with E-state index < -0.39 is 5.60 Å². The van der Waals surface area contributed by atoms with Crippen molar-refractivity contribution in [1.82, 2.24) is 19.5 Å². The van der Waals surface area contributed by atoms with Gasteiger partial charge in [-0.3, -0.25) is 0 Å². The molecular formula is C24H33IN6O2. The molecule has 1 atom stereocenters. The van der Waals surface area contributed by atoms with Crippen LogP contribution in [0.1, 0.15) is 70.9 Å². The van der Waals surface area contributed by atoms with E-state index in [1.165, 1.54) is 19.3 Å². The molecule has 1 aromatic carbocycles. The fourth-order valence-electron chi connectivity index (χ4n) is 4.54. The van der Waals surface area contributed by atoms with E-state index in [0.29, 0.717) is 29.9 Å². The predicted octanol–water partition coefficient (Wildman–Crippen LogP) is 5.22. The number of anilines is 2. The second-order valence-corrected chi connectivity index (χ2v) is 10.6. The third kappa shape index (κ3) is 5.51. The van der Waals surface area contributed by atoms with Crippen LogP contribution in [0.25, 0.3) is 11.2 Å². The number of imidazole rings is 1. The summed E-state index contributed by atoms with van der Waals surface area (Å²) in [7, 11) is 0. The molecule has 1 aliphatic carbocycles. The van der Waals surface area contributed by atoms with Crippen LogP contribution in [-0.4, -0.2) is 41.4 Å². The summed E-state index contributed by atoms with van der Waals surface area (Å²) in [6.07, 6.45) is 8.56. The molecule has 2 heterocycles. The van der Waals surface area contributed by atoms with Gasteiger partial charge in [0.1, 0.15) is 5.75 Å². The van der Waals surface area contributed by atoms with Gasteiger partial charge in [-0.25, -0.2) is 4.98 Å². The van der Waals surface area contributed by atoms with Crippen molar-refractivity contribution in [2.45, 2.75) is 83.5 Å². The van der Waals surface area contributed by atoms with Crippen LogP contribution in [0.4, 0.5) is 11.8 Å². The topological polar surface area (TPSA) is 108 Å². The van der Waals surface area contributed by atoms with Gasteiger partial charge in [0, 0.05) is 21.7 Å². The van der Waals surface area contributed by atoms with Crippen LogP contribution >= 0.6 is 22.6 Å². The number of aliphatic hydroxyl groups is 1. The molecule has 0 radical (unpaired) electrons. The molecule has 0 bridgehead atoms. The molecule has 2 aromatic heterocycles. The van der Waals surface area contributed by atoms with E-state index in [9.17, 15) is 10.2 Å². The number of rotatable bonds is 8. The van der Waals surface area contributed by atoms with E-state index in [1.54, 1.807) is 19.9 Å². The van der Waals surface area contributed by atoms with Gasteiger partial charge in [0.15, 0.2) is 17.0 Å². The number of hydrogen-bond donors (Lipinski definition) is 4. The number of benzene rings is 1. The lowest BCUT2D eigenvalue weighted by Crippen LogP contribution is -2.41. The van der Waals surface area contributed by atoms with Crippen molar-refractivity contribution in [3.05, 3.63) is 33.7 Å². The number of nitrogens with one attached hydrogen (secondary N) is 2. The van der Waals surface area contributed by atoms with E-state index >= 15 is 0 Å². The maximum Gasteiger partial charge on any atom is 0.227 e.